The molecular formula is C15H14F2N4O2S. The van der Waals surface area contributed by atoms with Gasteiger partial charge in [0.25, 0.3) is 5.22 Å². The SMILES string of the molecule is COc1ccc(Cc2nnc(SCc3nccn3C(F)F)o2)cc1. The van der Waals surface area contributed by atoms with Crippen LogP contribution in [0.2, 0.25) is 0 Å². The van der Waals surface area contributed by atoms with Gasteiger partial charge in [0.1, 0.15) is 11.6 Å². The molecule has 3 rings (SSSR count). The van der Waals surface area contributed by atoms with Gasteiger partial charge in [-0.05, 0) is 17.7 Å². The Kier molecular flexibility index (Phi) is 5.09. The van der Waals surface area contributed by atoms with Crippen LogP contribution in [0, 0.1) is 0 Å². The van der Waals surface area contributed by atoms with Crippen molar-refractivity contribution in [3.05, 3.63) is 53.9 Å². The number of ether oxygens (including phenoxy) is 1. The van der Waals surface area contributed by atoms with Crippen molar-refractivity contribution in [2.24, 2.45) is 0 Å². The molecule has 2 heterocycles. The number of halogens is 2. The molecule has 0 bridgehead atoms. The Labute approximate surface area is 140 Å². The number of nitrogens with zero attached hydrogens (tertiary/aromatic N) is 4. The summed E-state index contributed by atoms with van der Waals surface area (Å²) in [6, 6.07) is 7.53. The zero-order valence-corrected chi connectivity index (χ0v) is 13.5. The smallest absolute Gasteiger partial charge is 0.319 e. The highest BCUT2D eigenvalue weighted by molar-refractivity contribution is 7.98. The highest BCUT2D eigenvalue weighted by Crippen LogP contribution is 2.24. The topological polar surface area (TPSA) is 66.0 Å². The van der Waals surface area contributed by atoms with Gasteiger partial charge in [0.05, 0.1) is 19.3 Å². The van der Waals surface area contributed by atoms with Crippen LogP contribution in [0.3, 0.4) is 0 Å². The lowest BCUT2D eigenvalue weighted by Gasteiger charge is -2.04. The first-order valence-electron chi connectivity index (χ1n) is 7.03. The maximum atomic E-state index is 12.7. The summed E-state index contributed by atoms with van der Waals surface area (Å²) in [5.74, 6) is 1.71. The second kappa shape index (κ2) is 7.43. The van der Waals surface area contributed by atoms with Crippen molar-refractivity contribution in [1.82, 2.24) is 19.7 Å². The van der Waals surface area contributed by atoms with Gasteiger partial charge in [-0.15, -0.1) is 10.2 Å². The maximum Gasteiger partial charge on any atom is 0.319 e. The fourth-order valence-corrected chi connectivity index (χ4v) is 2.78. The fourth-order valence-electron chi connectivity index (χ4n) is 2.05. The standard InChI is InChI=1S/C15H14F2N4O2S/c1-22-11-4-2-10(3-5-11)8-13-19-20-15(23-13)24-9-12-18-6-7-21(12)14(16)17/h2-7,14H,8-9H2,1H3. The molecule has 3 aromatic rings. The second-order valence-corrected chi connectivity index (χ2v) is 5.73. The van der Waals surface area contributed by atoms with E-state index in [4.69, 9.17) is 9.15 Å². The van der Waals surface area contributed by atoms with Crippen LogP contribution >= 0.6 is 11.8 Å². The number of imidazole rings is 1. The van der Waals surface area contributed by atoms with Gasteiger partial charge in [-0.3, -0.25) is 4.57 Å². The van der Waals surface area contributed by atoms with E-state index in [1.165, 1.54) is 24.2 Å². The van der Waals surface area contributed by atoms with Gasteiger partial charge in [0.15, 0.2) is 0 Å². The number of rotatable bonds is 7. The molecule has 0 aliphatic heterocycles. The molecule has 0 saturated heterocycles. The van der Waals surface area contributed by atoms with E-state index in [9.17, 15) is 8.78 Å². The van der Waals surface area contributed by atoms with Crippen LogP contribution in [0.15, 0.2) is 46.3 Å². The number of hydrogen-bond acceptors (Lipinski definition) is 6. The zero-order valence-electron chi connectivity index (χ0n) is 12.7. The van der Waals surface area contributed by atoms with Gasteiger partial charge >= 0.3 is 6.55 Å². The van der Waals surface area contributed by atoms with Crippen LogP contribution in [0.25, 0.3) is 0 Å². The lowest BCUT2D eigenvalue weighted by molar-refractivity contribution is 0.0678. The maximum absolute atomic E-state index is 12.7. The summed E-state index contributed by atoms with van der Waals surface area (Å²) >= 11 is 1.17. The molecular weight excluding hydrogens is 338 g/mol. The van der Waals surface area contributed by atoms with Gasteiger partial charge in [0.2, 0.25) is 5.89 Å². The summed E-state index contributed by atoms with van der Waals surface area (Å²) in [7, 11) is 1.61. The summed E-state index contributed by atoms with van der Waals surface area (Å²) in [6.45, 7) is -2.61. The minimum absolute atomic E-state index is 0.224. The predicted octanol–water partition coefficient (Wildman–Crippen LogP) is 3.55. The van der Waals surface area contributed by atoms with Crippen molar-refractivity contribution in [3.63, 3.8) is 0 Å². The molecule has 6 nitrogen and oxygen atoms in total. The average molecular weight is 352 g/mol. The predicted molar refractivity (Wildman–Crippen MR) is 83.1 cm³/mol. The Morgan fingerprint density at radius 1 is 1.25 bits per heavy atom. The lowest BCUT2D eigenvalue weighted by Crippen LogP contribution is -2.01. The van der Waals surface area contributed by atoms with Crippen LogP contribution in [-0.4, -0.2) is 26.9 Å². The van der Waals surface area contributed by atoms with E-state index in [0.29, 0.717) is 17.5 Å². The molecule has 9 heteroatoms. The molecule has 2 aromatic heterocycles. The highest BCUT2D eigenvalue weighted by Gasteiger charge is 2.14. The van der Waals surface area contributed by atoms with Crippen LogP contribution in [0.5, 0.6) is 5.75 Å². The Morgan fingerprint density at radius 3 is 2.75 bits per heavy atom. The Balaban J connectivity index is 1.59. The van der Waals surface area contributed by atoms with Gasteiger partial charge in [-0.1, -0.05) is 23.9 Å². The summed E-state index contributed by atoms with van der Waals surface area (Å²) < 4.78 is 36.9. The van der Waals surface area contributed by atoms with Crippen LogP contribution in [0.4, 0.5) is 8.78 Å². The quantitative estimate of drug-likeness (QED) is 0.606. The number of benzene rings is 1. The van der Waals surface area contributed by atoms with Crippen LogP contribution < -0.4 is 4.74 Å². The Hall–Kier alpha value is -2.42. The van der Waals surface area contributed by atoms with Gasteiger partial charge in [0, 0.05) is 12.4 Å². The number of aromatic nitrogens is 4. The minimum Gasteiger partial charge on any atom is -0.497 e. The van der Waals surface area contributed by atoms with Crippen molar-refractivity contribution < 1.29 is 17.9 Å². The third kappa shape index (κ3) is 3.91. The van der Waals surface area contributed by atoms with Gasteiger partial charge in [-0.2, -0.15) is 8.78 Å². The number of hydrogen-bond donors (Lipinski definition) is 0. The Bertz CT molecular complexity index is 789. The molecule has 0 aliphatic carbocycles. The first-order chi connectivity index (χ1) is 11.7. The van der Waals surface area contributed by atoms with Crippen molar-refractivity contribution in [1.29, 1.82) is 0 Å². The van der Waals surface area contributed by atoms with Gasteiger partial charge < -0.3 is 9.15 Å². The number of methoxy groups -OCH3 is 1. The van der Waals surface area contributed by atoms with E-state index in [2.05, 4.69) is 15.2 Å². The lowest BCUT2D eigenvalue weighted by atomic mass is 10.1. The molecule has 0 saturated carbocycles. The molecule has 0 radical (unpaired) electrons. The van der Waals surface area contributed by atoms with Crippen molar-refractivity contribution >= 4 is 11.8 Å². The van der Waals surface area contributed by atoms with E-state index in [0.717, 1.165) is 15.9 Å². The third-order valence-electron chi connectivity index (χ3n) is 3.25. The molecule has 0 unspecified atom stereocenters. The van der Waals surface area contributed by atoms with Gasteiger partial charge in [-0.25, -0.2) is 4.98 Å². The summed E-state index contributed by atoms with van der Waals surface area (Å²) in [4.78, 5) is 3.90. The molecule has 0 N–H and O–H groups in total. The van der Waals surface area contributed by atoms with Crippen molar-refractivity contribution in [2.75, 3.05) is 7.11 Å². The third-order valence-corrected chi connectivity index (χ3v) is 4.06. The normalized spacial score (nSPS) is 11.2. The number of alkyl halides is 2. The largest absolute Gasteiger partial charge is 0.497 e. The van der Waals surface area contributed by atoms with E-state index < -0.39 is 6.55 Å². The first-order valence-corrected chi connectivity index (χ1v) is 8.02. The van der Waals surface area contributed by atoms with Crippen molar-refractivity contribution in [2.45, 2.75) is 23.9 Å². The van der Waals surface area contributed by atoms with E-state index in [-0.39, 0.29) is 11.6 Å². The van der Waals surface area contributed by atoms with E-state index >= 15 is 0 Å². The molecule has 0 atom stereocenters. The Morgan fingerprint density at radius 2 is 2.04 bits per heavy atom. The zero-order chi connectivity index (χ0) is 16.9. The first kappa shape index (κ1) is 16.4. The molecule has 0 spiro atoms. The van der Waals surface area contributed by atoms with Crippen LogP contribution in [-0.2, 0) is 12.2 Å². The van der Waals surface area contributed by atoms with Crippen molar-refractivity contribution in [3.8, 4) is 5.75 Å². The molecule has 0 aliphatic rings. The average Bonchev–Trinajstić information content (AvgIpc) is 3.22. The highest BCUT2D eigenvalue weighted by atomic mass is 32.2. The van der Waals surface area contributed by atoms with Crippen LogP contribution in [0.1, 0.15) is 23.8 Å². The molecule has 0 amide bonds. The number of thioether (sulfide) groups is 1. The van der Waals surface area contributed by atoms with E-state index in [1.807, 2.05) is 24.3 Å². The fraction of sp³-hybridized carbons (Fsp3) is 0.267. The molecule has 1 aromatic carbocycles. The summed E-state index contributed by atoms with van der Waals surface area (Å²) in [5.41, 5.74) is 1.00. The molecule has 0 fully saturated rings. The summed E-state index contributed by atoms with van der Waals surface area (Å²) in [6.07, 6.45) is 3.07. The summed E-state index contributed by atoms with van der Waals surface area (Å²) in [5, 5.41) is 8.21. The van der Waals surface area contributed by atoms with E-state index in [1.54, 1.807) is 7.11 Å². The second-order valence-electron chi connectivity index (χ2n) is 4.80. The monoisotopic (exact) mass is 352 g/mol. The molecule has 126 valence electrons. The minimum atomic E-state index is -2.61. The molecule has 24 heavy (non-hydrogen) atoms.